The molecule has 0 saturated carbocycles. The van der Waals surface area contributed by atoms with Crippen LogP contribution in [0.15, 0.2) is 29.0 Å². The van der Waals surface area contributed by atoms with Crippen LogP contribution in [0.2, 0.25) is 0 Å². The molecule has 1 heterocycles. The first-order chi connectivity index (χ1) is 7.24. The van der Waals surface area contributed by atoms with Crippen molar-refractivity contribution in [3.05, 3.63) is 41.8 Å². The molecule has 0 unspecified atom stereocenters. The Hall–Kier alpha value is -1.23. The van der Waals surface area contributed by atoms with Gasteiger partial charge in [-0.2, -0.15) is 0 Å². The minimum absolute atomic E-state index is 0.0298. The fraction of sp³-hybridized carbons (Fsp3) is 0.100. The van der Waals surface area contributed by atoms with E-state index < -0.39 is 11.6 Å². The molecule has 2 rings (SSSR count). The molecule has 1 aromatic heterocycles. The molecule has 0 aliphatic heterocycles. The third kappa shape index (κ3) is 1.79. The van der Waals surface area contributed by atoms with E-state index in [1.807, 2.05) is 0 Å². The summed E-state index contributed by atoms with van der Waals surface area (Å²) in [6.45, 7) is 0. The minimum Gasteiger partial charge on any atom is -0.444 e. The molecule has 2 nitrogen and oxygen atoms in total. The Bertz CT molecular complexity index is 471. The molecule has 0 saturated heterocycles. The SMILES string of the molecule is Fc1c(CBr)ccc(-c2ncco2)c1F. The van der Waals surface area contributed by atoms with Gasteiger partial charge >= 0.3 is 0 Å². The van der Waals surface area contributed by atoms with Crippen LogP contribution in [-0.2, 0) is 5.33 Å². The lowest BCUT2D eigenvalue weighted by molar-refractivity contribution is 0.497. The van der Waals surface area contributed by atoms with Crippen LogP contribution in [0.3, 0.4) is 0 Å². The van der Waals surface area contributed by atoms with E-state index in [1.54, 1.807) is 0 Å². The molecule has 0 spiro atoms. The van der Waals surface area contributed by atoms with Crippen LogP contribution < -0.4 is 0 Å². The average molecular weight is 274 g/mol. The second-order valence-electron chi connectivity index (χ2n) is 2.87. The van der Waals surface area contributed by atoms with Gasteiger partial charge in [0.25, 0.3) is 0 Å². The number of nitrogens with zero attached hydrogens (tertiary/aromatic N) is 1. The molecule has 78 valence electrons. The van der Waals surface area contributed by atoms with E-state index in [0.717, 1.165) is 0 Å². The van der Waals surface area contributed by atoms with Gasteiger partial charge in [-0.05, 0) is 6.07 Å². The van der Waals surface area contributed by atoms with E-state index in [0.29, 0.717) is 0 Å². The molecule has 0 amide bonds. The van der Waals surface area contributed by atoms with Gasteiger partial charge in [0.1, 0.15) is 6.26 Å². The summed E-state index contributed by atoms with van der Waals surface area (Å²) in [5.41, 5.74) is 0.296. The molecule has 0 aliphatic carbocycles. The van der Waals surface area contributed by atoms with Crippen molar-refractivity contribution in [1.82, 2.24) is 4.98 Å². The first-order valence-corrected chi connectivity index (χ1v) is 5.29. The summed E-state index contributed by atoms with van der Waals surface area (Å²) in [4.78, 5) is 3.76. The maximum atomic E-state index is 13.5. The summed E-state index contributed by atoms with van der Waals surface area (Å²) in [7, 11) is 0. The van der Waals surface area contributed by atoms with Crippen molar-refractivity contribution in [2.75, 3.05) is 0 Å². The molecule has 0 aliphatic rings. The number of rotatable bonds is 2. The Morgan fingerprint density at radius 2 is 2.07 bits per heavy atom. The molecular weight excluding hydrogens is 268 g/mol. The van der Waals surface area contributed by atoms with Crippen molar-refractivity contribution < 1.29 is 13.2 Å². The van der Waals surface area contributed by atoms with Crippen LogP contribution in [0.1, 0.15) is 5.56 Å². The Morgan fingerprint density at radius 3 is 2.67 bits per heavy atom. The molecular formula is C10H6BrF2NO. The van der Waals surface area contributed by atoms with Gasteiger partial charge in [-0.1, -0.05) is 22.0 Å². The Kier molecular flexibility index (Phi) is 2.81. The van der Waals surface area contributed by atoms with Gasteiger partial charge in [0.2, 0.25) is 5.89 Å². The van der Waals surface area contributed by atoms with E-state index in [-0.39, 0.29) is 22.3 Å². The number of benzene rings is 1. The quantitative estimate of drug-likeness (QED) is 0.783. The lowest BCUT2D eigenvalue weighted by Crippen LogP contribution is -1.94. The maximum Gasteiger partial charge on any atom is 0.228 e. The summed E-state index contributed by atoms with van der Waals surface area (Å²) >= 11 is 3.07. The van der Waals surface area contributed by atoms with Crippen molar-refractivity contribution in [1.29, 1.82) is 0 Å². The highest BCUT2D eigenvalue weighted by Gasteiger charge is 2.16. The summed E-state index contributed by atoms with van der Waals surface area (Å²) < 4.78 is 31.8. The molecule has 5 heteroatoms. The topological polar surface area (TPSA) is 26.0 Å². The molecule has 1 aromatic carbocycles. The fourth-order valence-corrected chi connectivity index (χ4v) is 1.65. The van der Waals surface area contributed by atoms with E-state index in [2.05, 4.69) is 20.9 Å². The first kappa shape index (κ1) is 10.3. The second kappa shape index (κ2) is 4.10. The predicted molar refractivity (Wildman–Crippen MR) is 54.5 cm³/mol. The van der Waals surface area contributed by atoms with Gasteiger partial charge in [-0.3, -0.25) is 0 Å². The molecule has 2 aromatic rings. The number of halogens is 3. The number of aromatic nitrogens is 1. The second-order valence-corrected chi connectivity index (χ2v) is 3.43. The van der Waals surface area contributed by atoms with Gasteiger partial charge in [0, 0.05) is 10.9 Å². The normalized spacial score (nSPS) is 10.6. The van der Waals surface area contributed by atoms with Crippen molar-refractivity contribution in [3.63, 3.8) is 0 Å². The largest absolute Gasteiger partial charge is 0.444 e. The Labute approximate surface area is 93.1 Å². The first-order valence-electron chi connectivity index (χ1n) is 4.16. The molecule has 0 bridgehead atoms. The highest BCUT2D eigenvalue weighted by molar-refractivity contribution is 9.08. The lowest BCUT2D eigenvalue weighted by Gasteiger charge is -2.03. The third-order valence-corrected chi connectivity index (χ3v) is 2.57. The zero-order chi connectivity index (χ0) is 10.8. The Balaban J connectivity index is 2.56. The smallest absolute Gasteiger partial charge is 0.228 e. The highest BCUT2D eigenvalue weighted by Crippen LogP contribution is 2.25. The van der Waals surface area contributed by atoms with Crippen LogP contribution >= 0.6 is 15.9 Å². The molecule has 0 N–H and O–H groups in total. The van der Waals surface area contributed by atoms with Gasteiger partial charge in [-0.15, -0.1) is 0 Å². The zero-order valence-corrected chi connectivity index (χ0v) is 9.09. The van der Waals surface area contributed by atoms with Gasteiger partial charge in [0.05, 0.1) is 11.8 Å². The number of oxazole rings is 1. The van der Waals surface area contributed by atoms with E-state index in [9.17, 15) is 8.78 Å². The summed E-state index contributed by atoms with van der Waals surface area (Å²) in [6.07, 6.45) is 2.69. The molecule has 0 fully saturated rings. The molecule has 15 heavy (non-hydrogen) atoms. The maximum absolute atomic E-state index is 13.5. The summed E-state index contributed by atoms with van der Waals surface area (Å²) in [5.74, 6) is -1.73. The van der Waals surface area contributed by atoms with E-state index in [4.69, 9.17) is 4.42 Å². The summed E-state index contributed by atoms with van der Waals surface area (Å²) in [6, 6.07) is 2.94. The number of hydrogen-bond acceptors (Lipinski definition) is 2. The molecule has 0 radical (unpaired) electrons. The van der Waals surface area contributed by atoms with Gasteiger partial charge in [-0.25, -0.2) is 13.8 Å². The molecule has 0 atom stereocenters. The Morgan fingerprint density at radius 1 is 1.27 bits per heavy atom. The van der Waals surface area contributed by atoms with E-state index >= 15 is 0 Å². The van der Waals surface area contributed by atoms with Crippen molar-refractivity contribution in [2.45, 2.75) is 5.33 Å². The highest BCUT2D eigenvalue weighted by atomic mass is 79.9. The van der Waals surface area contributed by atoms with E-state index in [1.165, 1.54) is 24.6 Å². The van der Waals surface area contributed by atoms with Crippen LogP contribution in [0.4, 0.5) is 8.78 Å². The zero-order valence-electron chi connectivity index (χ0n) is 7.51. The van der Waals surface area contributed by atoms with Crippen molar-refractivity contribution >= 4 is 15.9 Å². The lowest BCUT2D eigenvalue weighted by atomic mass is 10.1. The van der Waals surface area contributed by atoms with Gasteiger partial charge < -0.3 is 4.42 Å². The summed E-state index contributed by atoms with van der Waals surface area (Å²) in [5, 5.41) is 0.265. The van der Waals surface area contributed by atoms with Crippen molar-refractivity contribution in [3.8, 4) is 11.5 Å². The van der Waals surface area contributed by atoms with Gasteiger partial charge in [0.15, 0.2) is 11.6 Å². The monoisotopic (exact) mass is 273 g/mol. The number of alkyl halides is 1. The van der Waals surface area contributed by atoms with Crippen LogP contribution in [0, 0.1) is 11.6 Å². The van der Waals surface area contributed by atoms with Crippen LogP contribution in [-0.4, -0.2) is 4.98 Å². The standard InChI is InChI=1S/C10H6BrF2NO/c11-5-6-1-2-7(9(13)8(6)12)10-14-3-4-15-10/h1-4H,5H2. The third-order valence-electron chi connectivity index (χ3n) is 1.97. The van der Waals surface area contributed by atoms with Crippen LogP contribution in [0.5, 0.6) is 0 Å². The number of hydrogen-bond donors (Lipinski definition) is 0. The fourth-order valence-electron chi connectivity index (χ4n) is 1.21. The minimum atomic E-state index is -0.936. The predicted octanol–water partition coefficient (Wildman–Crippen LogP) is 3.51. The average Bonchev–Trinajstić information content (AvgIpc) is 2.75. The van der Waals surface area contributed by atoms with Crippen LogP contribution in [0.25, 0.3) is 11.5 Å². The van der Waals surface area contributed by atoms with Crippen molar-refractivity contribution in [2.24, 2.45) is 0 Å².